The third-order valence-electron chi connectivity index (χ3n) is 5.06. The van der Waals surface area contributed by atoms with Crippen molar-refractivity contribution in [3.05, 3.63) is 74.9 Å². The SMILES string of the molecule is CCNC(=O)c1cc(Cl)cc(C)c1NC(=O)c1cc(Cn2nnc(C(F)(F)F)n2)nn1-c1ncccc1Cl. The molecule has 4 rings (SSSR count). The second kappa shape index (κ2) is 10.8. The van der Waals surface area contributed by atoms with Crippen LogP contribution in [0.2, 0.25) is 10.0 Å². The smallest absolute Gasteiger partial charge is 0.352 e. The van der Waals surface area contributed by atoms with Crippen molar-refractivity contribution in [2.24, 2.45) is 0 Å². The number of carbonyl (C=O) groups excluding carboxylic acids is 2. The molecule has 0 aliphatic heterocycles. The maximum atomic E-state index is 13.5. The van der Waals surface area contributed by atoms with Gasteiger partial charge in [0.25, 0.3) is 17.6 Å². The van der Waals surface area contributed by atoms with E-state index < -0.39 is 23.8 Å². The van der Waals surface area contributed by atoms with E-state index in [2.05, 4.69) is 36.1 Å². The molecule has 1 aromatic carbocycles. The second-order valence-corrected chi connectivity index (χ2v) is 8.69. The molecule has 0 bridgehead atoms. The van der Waals surface area contributed by atoms with Gasteiger partial charge in [0.2, 0.25) is 0 Å². The summed E-state index contributed by atoms with van der Waals surface area (Å²) in [7, 11) is 0. The zero-order valence-electron chi connectivity index (χ0n) is 19.7. The summed E-state index contributed by atoms with van der Waals surface area (Å²) in [6, 6.07) is 7.41. The number of amides is 2. The van der Waals surface area contributed by atoms with E-state index in [1.807, 2.05) is 0 Å². The number of tetrazole rings is 1. The number of anilines is 1. The summed E-state index contributed by atoms with van der Waals surface area (Å²) in [5.41, 5.74) is 0.895. The number of alkyl halides is 3. The first-order valence-electron chi connectivity index (χ1n) is 10.9. The minimum atomic E-state index is -4.78. The predicted molar refractivity (Wildman–Crippen MR) is 130 cm³/mol. The Morgan fingerprint density at radius 1 is 1.11 bits per heavy atom. The normalized spacial score (nSPS) is 11.4. The summed E-state index contributed by atoms with van der Waals surface area (Å²) in [6.45, 7) is 3.41. The van der Waals surface area contributed by atoms with Gasteiger partial charge in [0.05, 0.1) is 22.0 Å². The average molecular weight is 568 g/mol. The molecule has 0 unspecified atom stereocenters. The molecule has 16 heteroatoms. The molecule has 38 heavy (non-hydrogen) atoms. The number of carbonyl (C=O) groups is 2. The van der Waals surface area contributed by atoms with Gasteiger partial charge in [-0.2, -0.15) is 23.1 Å². The number of aryl methyl sites for hydroxylation is 1. The molecule has 0 saturated carbocycles. The summed E-state index contributed by atoms with van der Waals surface area (Å²) >= 11 is 12.4. The summed E-state index contributed by atoms with van der Waals surface area (Å²) in [5, 5.41) is 19.8. The summed E-state index contributed by atoms with van der Waals surface area (Å²) in [6.07, 6.45) is -3.35. The zero-order chi connectivity index (χ0) is 27.6. The van der Waals surface area contributed by atoms with Crippen LogP contribution in [-0.2, 0) is 12.7 Å². The maximum Gasteiger partial charge on any atom is 0.455 e. The number of rotatable bonds is 7. The predicted octanol–water partition coefficient (Wildman–Crippen LogP) is 3.94. The van der Waals surface area contributed by atoms with Gasteiger partial charge in [-0.1, -0.05) is 23.2 Å². The van der Waals surface area contributed by atoms with Crippen LogP contribution in [0.15, 0.2) is 36.5 Å². The number of nitrogens with zero attached hydrogens (tertiary/aromatic N) is 7. The maximum absolute atomic E-state index is 13.5. The van der Waals surface area contributed by atoms with Crippen LogP contribution in [0, 0.1) is 6.92 Å². The Morgan fingerprint density at radius 2 is 1.87 bits per heavy atom. The standard InChI is InChI=1S/C22H18Cl2F3N9O2/c1-3-28-19(37)14-8-12(23)7-11(2)17(14)30-20(38)16-9-13(10-35-33-21(31-34-35)22(25,26)27)32-36(16)18-15(24)5-4-6-29-18/h4-9H,3,10H2,1-2H3,(H,28,37)(H,30,38). The molecule has 3 heterocycles. The molecule has 0 saturated heterocycles. The molecule has 4 aromatic rings. The van der Waals surface area contributed by atoms with E-state index in [9.17, 15) is 22.8 Å². The summed E-state index contributed by atoms with van der Waals surface area (Å²) in [4.78, 5) is 31.0. The molecule has 0 aliphatic carbocycles. The topological polar surface area (TPSA) is 133 Å². The van der Waals surface area contributed by atoms with E-state index in [-0.39, 0.29) is 40.0 Å². The monoisotopic (exact) mass is 567 g/mol. The van der Waals surface area contributed by atoms with Crippen molar-refractivity contribution in [1.29, 1.82) is 0 Å². The fourth-order valence-corrected chi connectivity index (χ4v) is 3.93. The van der Waals surface area contributed by atoms with Crippen LogP contribution in [0.1, 0.15) is 44.9 Å². The Kier molecular flexibility index (Phi) is 7.64. The van der Waals surface area contributed by atoms with Crippen molar-refractivity contribution in [2.75, 3.05) is 11.9 Å². The quantitative estimate of drug-likeness (QED) is 0.345. The number of benzene rings is 1. The minimum absolute atomic E-state index is 0.0760. The Bertz CT molecular complexity index is 1520. The lowest BCUT2D eigenvalue weighted by atomic mass is 10.1. The summed E-state index contributed by atoms with van der Waals surface area (Å²) < 4.78 is 39.7. The van der Waals surface area contributed by atoms with Crippen molar-refractivity contribution >= 4 is 40.7 Å². The molecule has 2 amide bonds. The van der Waals surface area contributed by atoms with Crippen LogP contribution in [0.3, 0.4) is 0 Å². The number of aromatic nitrogens is 7. The van der Waals surface area contributed by atoms with E-state index in [1.54, 1.807) is 26.0 Å². The molecule has 0 fully saturated rings. The van der Waals surface area contributed by atoms with Gasteiger partial charge in [-0.05, 0) is 55.0 Å². The lowest BCUT2D eigenvalue weighted by Gasteiger charge is -2.15. The Balaban J connectivity index is 1.74. The van der Waals surface area contributed by atoms with Gasteiger partial charge in [0.1, 0.15) is 12.2 Å². The molecule has 2 N–H and O–H groups in total. The molecule has 0 radical (unpaired) electrons. The van der Waals surface area contributed by atoms with Gasteiger partial charge in [-0.3, -0.25) is 9.59 Å². The number of hydrogen-bond donors (Lipinski definition) is 2. The minimum Gasteiger partial charge on any atom is -0.352 e. The fraction of sp³-hybridized carbons (Fsp3) is 0.227. The molecule has 11 nitrogen and oxygen atoms in total. The highest BCUT2D eigenvalue weighted by atomic mass is 35.5. The van der Waals surface area contributed by atoms with Crippen molar-refractivity contribution in [3.63, 3.8) is 0 Å². The highest BCUT2D eigenvalue weighted by Crippen LogP contribution is 2.28. The van der Waals surface area contributed by atoms with Gasteiger partial charge >= 0.3 is 6.18 Å². The lowest BCUT2D eigenvalue weighted by Crippen LogP contribution is -2.26. The number of halogens is 5. The van der Waals surface area contributed by atoms with E-state index in [1.165, 1.54) is 24.4 Å². The van der Waals surface area contributed by atoms with Gasteiger partial charge < -0.3 is 10.6 Å². The van der Waals surface area contributed by atoms with Crippen molar-refractivity contribution in [1.82, 2.24) is 40.3 Å². The highest BCUT2D eigenvalue weighted by Gasteiger charge is 2.37. The molecule has 3 aromatic heterocycles. The molecule has 198 valence electrons. The largest absolute Gasteiger partial charge is 0.455 e. The zero-order valence-corrected chi connectivity index (χ0v) is 21.2. The van der Waals surface area contributed by atoms with Crippen molar-refractivity contribution < 1.29 is 22.8 Å². The molecular weight excluding hydrogens is 550 g/mol. The van der Waals surface area contributed by atoms with E-state index >= 15 is 0 Å². The van der Waals surface area contributed by atoms with Crippen LogP contribution in [0.4, 0.5) is 18.9 Å². The number of hydrogen-bond acceptors (Lipinski definition) is 7. The first-order chi connectivity index (χ1) is 18.0. The van der Waals surface area contributed by atoms with Gasteiger partial charge in [-0.25, -0.2) is 9.67 Å². The molecular formula is C22H18Cl2F3N9O2. The molecule has 0 aliphatic rings. The van der Waals surface area contributed by atoms with Gasteiger partial charge in [0.15, 0.2) is 5.82 Å². The van der Waals surface area contributed by atoms with Crippen LogP contribution in [0.5, 0.6) is 0 Å². The Hall–Kier alpha value is -4.04. The van der Waals surface area contributed by atoms with Crippen LogP contribution in [-0.4, -0.2) is 53.3 Å². The first-order valence-corrected chi connectivity index (χ1v) is 11.7. The fourth-order valence-electron chi connectivity index (χ4n) is 3.45. The molecule has 0 spiro atoms. The highest BCUT2D eigenvalue weighted by molar-refractivity contribution is 6.32. The van der Waals surface area contributed by atoms with Crippen molar-refractivity contribution in [3.8, 4) is 5.82 Å². The number of pyridine rings is 1. The Labute approximate surface area is 222 Å². The van der Waals surface area contributed by atoms with E-state index in [4.69, 9.17) is 23.2 Å². The van der Waals surface area contributed by atoms with E-state index in [0.29, 0.717) is 21.9 Å². The third-order valence-corrected chi connectivity index (χ3v) is 5.58. The Morgan fingerprint density at radius 3 is 2.53 bits per heavy atom. The van der Waals surface area contributed by atoms with Crippen LogP contribution < -0.4 is 10.6 Å². The van der Waals surface area contributed by atoms with Crippen LogP contribution in [0.25, 0.3) is 5.82 Å². The molecule has 0 atom stereocenters. The van der Waals surface area contributed by atoms with Gasteiger partial charge in [-0.15, -0.1) is 10.2 Å². The summed E-state index contributed by atoms with van der Waals surface area (Å²) in [5.74, 6) is -2.49. The van der Waals surface area contributed by atoms with Crippen LogP contribution >= 0.6 is 23.2 Å². The van der Waals surface area contributed by atoms with E-state index in [0.717, 1.165) is 4.68 Å². The van der Waals surface area contributed by atoms with Crippen molar-refractivity contribution in [2.45, 2.75) is 26.6 Å². The van der Waals surface area contributed by atoms with Gasteiger partial charge in [0, 0.05) is 17.8 Å². The third kappa shape index (κ3) is 5.75. The number of nitrogens with one attached hydrogen (secondary N) is 2. The second-order valence-electron chi connectivity index (χ2n) is 7.84. The first kappa shape index (κ1) is 27.0. The average Bonchev–Trinajstić information content (AvgIpc) is 3.49. The lowest BCUT2D eigenvalue weighted by molar-refractivity contribution is -0.145.